The van der Waals surface area contributed by atoms with Crippen LogP contribution in [0.3, 0.4) is 0 Å². The maximum atomic E-state index is 11.8. The molecule has 2 aromatic rings. The molecule has 2 amide bonds. The van der Waals surface area contributed by atoms with Crippen LogP contribution in [0.1, 0.15) is 26.3 Å². The minimum Gasteiger partial charge on any atom is -0.507 e. The first-order chi connectivity index (χ1) is 12.0. The Balaban J connectivity index is 1.78. The van der Waals surface area contributed by atoms with Gasteiger partial charge in [-0.2, -0.15) is 0 Å². The van der Waals surface area contributed by atoms with E-state index in [9.17, 15) is 19.5 Å². The van der Waals surface area contributed by atoms with E-state index >= 15 is 0 Å². The highest BCUT2D eigenvalue weighted by atomic mass is 16.4. The van der Waals surface area contributed by atoms with E-state index in [1.54, 1.807) is 36.4 Å². The van der Waals surface area contributed by atoms with Crippen LogP contribution in [0.4, 0.5) is 0 Å². The van der Waals surface area contributed by atoms with Crippen molar-refractivity contribution in [2.75, 3.05) is 13.1 Å². The second-order valence-electron chi connectivity index (χ2n) is 5.27. The number of carboxylic acid groups (broad SMARTS) is 1. The molecule has 0 atom stereocenters. The zero-order valence-corrected chi connectivity index (χ0v) is 13.4. The maximum absolute atomic E-state index is 11.8. The van der Waals surface area contributed by atoms with E-state index in [2.05, 4.69) is 10.6 Å². The highest BCUT2D eigenvalue weighted by Gasteiger charge is 2.13. The lowest BCUT2D eigenvalue weighted by molar-refractivity contribution is -0.120. The van der Waals surface area contributed by atoms with E-state index in [-0.39, 0.29) is 42.6 Å². The Labute approximate surface area is 144 Å². The zero-order chi connectivity index (χ0) is 18.2. The van der Waals surface area contributed by atoms with Crippen LogP contribution in [-0.2, 0) is 11.2 Å². The molecule has 7 heteroatoms. The Kier molecular flexibility index (Phi) is 6.11. The Morgan fingerprint density at radius 2 is 1.64 bits per heavy atom. The Hall–Kier alpha value is -3.35. The van der Waals surface area contributed by atoms with Gasteiger partial charge in [-0.1, -0.05) is 30.3 Å². The number of phenols is 1. The van der Waals surface area contributed by atoms with Gasteiger partial charge in [0.15, 0.2) is 0 Å². The summed E-state index contributed by atoms with van der Waals surface area (Å²) in [4.78, 5) is 34.5. The van der Waals surface area contributed by atoms with Crippen LogP contribution < -0.4 is 10.6 Å². The number of nitrogens with one attached hydrogen (secondary N) is 2. The van der Waals surface area contributed by atoms with Gasteiger partial charge in [-0.25, -0.2) is 4.79 Å². The number of benzene rings is 2. The van der Waals surface area contributed by atoms with E-state index in [4.69, 9.17) is 5.11 Å². The second kappa shape index (κ2) is 8.49. The molecule has 25 heavy (non-hydrogen) atoms. The number of rotatable bonds is 7. The van der Waals surface area contributed by atoms with Gasteiger partial charge in [0.05, 0.1) is 6.54 Å². The first-order valence-electron chi connectivity index (χ1n) is 7.63. The average Bonchev–Trinajstić information content (AvgIpc) is 2.61. The third-order valence-electron chi connectivity index (χ3n) is 3.51. The molecule has 0 radical (unpaired) electrons. The van der Waals surface area contributed by atoms with E-state index < -0.39 is 5.97 Å². The minimum absolute atomic E-state index is 0.172. The lowest BCUT2D eigenvalue weighted by Gasteiger charge is -2.09. The van der Waals surface area contributed by atoms with Crippen molar-refractivity contribution in [1.29, 1.82) is 0 Å². The van der Waals surface area contributed by atoms with E-state index in [0.29, 0.717) is 11.1 Å². The van der Waals surface area contributed by atoms with Crippen molar-refractivity contribution in [3.8, 4) is 5.75 Å². The van der Waals surface area contributed by atoms with E-state index in [0.717, 1.165) is 0 Å². The molecule has 0 aliphatic rings. The molecule has 4 N–H and O–H groups in total. The van der Waals surface area contributed by atoms with Gasteiger partial charge in [-0.15, -0.1) is 0 Å². The van der Waals surface area contributed by atoms with Gasteiger partial charge in [0.1, 0.15) is 11.3 Å². The number of carbonyl (C=O) groups excluding carboxylic acids is 2. The summed E-state index contributed by atoms with van der Waals surface area (Å²) in [5.74, 6) is -2.24. The fourth-order valence-electron chi connectivity index (χ4n) is 2.22. The summed E-state index contributed by atoms with van der Waals surface area (Å²) < 4.78 is 0. The van der Waals surface area contributed by atoms with Crippen molar-refractivity contribution in [2.45, 2.75) is 6.42 Å². The lowest BCUT2D eigenvalue weighted by atomic mass is 10.1. The van der Waals surface area contributed by atoms with Gasteiger partial charge in [-0.05, 0) is 30.2 Å². The summed E-state index contributed by atoms with van der Waals surface area (Å²) >= 11 is 0. The third-order valence-corrected chi connectivity index (χ3v) is 3.51. The Morgan fingerprint density at radius 3 is 2.32 bits per heavy atom. The summed E-state index contributed by atoms with van der Waals surface area (Å²) in [5.41, 5.74) is 0.707. The van der Waals surface area contributed by atoms with Crippen molar-refractivity contribution < 1.29 is 24.6 Å². The van der Waals surface area contributed by atoms with Crippen LogP contribution in [0.15, 0.2) is 48.5 Å². The van der Waals surface area contributed by atoms with E-state index in [1.165, 1.54) is 12.1 Å². The van der Waals surface area contributed by atoms with Crippen LogP contribution >= 0.6 is 0 Å². The molecular formula is C18H18N2O5. The standard InChI is InChI=1S/C18H18N2O5/c21-15(11-20-17(23)13-5-2-1-3-6-13)19-10-9-12-7-4-8-14(16(12)22)18(24)25/h1-8,22H,9-11H2,(H,19,21)(H,20,23)(H,24,25). The summed E-state index contributed by atoms with van der Waals surface area (Å²) in [6, 6.07) is 13.0. The summed E-state index contributed by atoms with van der Waals surface area (Å²) in [6.45, 7) is 0.0333. The molecule has 0 spiro atoms. The zero-order valence-electron chi connectivity index (χ0n) is 13.4. The number of carbonyl (C=O) groups is 3. The number of carboxylic acids is 1. The van der Waals surface area contributed by atoms with Gasteiger partial charge >= 0.3 is 5.97 Å². The molecule has 130 valence electrons. The normalized spacial score (nSPS) is 10.1. The van der Waals surface area contributed by atoms with Crippen molar-refractivity contribution in [3.63, 3.8) is 0 Å². The van der Waals surface area contributed by atoms with Crippen molar-refractivity contribution in [3.05, 3.63) is 65.2 Å². The fourth-order valence-corrected chi connectivity index (χ4v) is 2.22. The number of aromatic carboxylic acids is 1. The number of amides is 2. The highest BCUT2D eigenvalue weighted by molar-refractivity contribution is 5.96. The number of aromatic hydroxyl groups is 1. The molecule has 0 unspecified atom stereocenters. The molecule has 2 rings (SSSR count). The summed E-state index contributed by atoms with van der Waals surface area (Å²) in [5, 5.41) is 23.9. The summed E-state index contributed by atoms with van der Waals surface area (Å²) in [6.07, 6.45) is 0.269. The molecule has 2 aromatic carbocycles. The van der Waals surface area contributed by atoms with Gasteiger partial charge < -0.3 is 20.8 Å². The SMILES string of the molecule is O=C(CNC(=O)c1ccccc1)NCCc1cccc(C(=O)O)c1O. The molecule has 0 bridgehead atoms. The van der Waals surface area contributed by atoms with Crippen molar-refractivity contribution in [1.82, 2.24) is 10.6 Å². The van der Waals surface area contributed by atoms with Crippen molar-refractivity contribution in [2.24, 2.45) is 0 Å². The molecule has 7 nitrogen and oxygen atoms in total. The van der Waals surface area contributed by atoms with Crippen LogP contribution in [0.25, 0.3) is 0 Å². The quantitative estimate of drug-likeness (QED) is 0.603. The molecule has 0 aromatic heterocycles. The molecule has 0 fully saturated rings. The lowest BCUT2D eigenvalue weighted by Crippen LogP contribution is -2.37. The predicted molar refractivity (Wildman–Crippen MR) is 90.6 cm³/mol. The largest absolute Gasteiger partial charge is 0.507 e. The topological polar surface area (TPSA) is 116 Å². The van der Waals surface area contributed by atoms with Crippen LogP contribution in [-0.4, -0.2) is 41.1 Å². The average molecular weight is 342 g/mol. The first-order valence-corrected chi connectivity index (χ1v) is 7.63. The molecule has 0 saturated heterocycles. The van der Waals surface area contributed by atoms with Crippen LogP contribution in [0, 0.1) is 0 Å². The van der Waals surface area contributed by atoms with Gasteiger partial charge in [-0.3, -0.25) is 9.59 Å². The highest BCUT2D eigenvalue weighted by Crippen LogP contribution is 2.22. The van der Waals surface area contributed by atoms with Crippen molar-refractivity contribution >= 4 is 17.8 Å². The molecule has 0 aliphatic carbocycles. The number of hydrogen-bond donors (Lipinski definition) is 4. The second-order valence-corrected chi connectivity index (χ2v) is 5.27. The van der Waals surface area contributed by atoms with Gasteiger partial charge in [0, 0.05) is 12.1 Å². The van der Waals surface area contributed by atoms with Gasteiger partial charge in [0.2, 0.25) is 5.91 Å². The fraction of sp³-hybridized carbons (Fsp3) is 0.167. The summed E-state index contributed by atoms with van der Waals surface area (Å²) in [7, 11) is 0. The van der Waals surface area contributed by atoms with Gasteiger partial charge in [0.25, 0.3) is 5.91 Å². The number of hydrogen-bond acceptors (Lipinski definition) is 4. The molecular weight excluding hydrogens is 324 g/mol. The van der Waals surface area contributed by atoms with Crippen LogP contribution in [0.2, 0.25) is 0 Å². The molecule has 0 aliphatic heterocycles. The Morgan fingerprint density at radius 1 is 0.920 bits per heavy atom. The minimum atomic E-state index is -1.22. The smallest absolute Gasteiger partial charge is 0.339 e. The Bertz CT molecular complexity index is 774. The molecule has 0 heterocycles. The first kappa shape index (κ1) is 18.0. The monoisotopic (exact) mass is 342 g/mol. The third kappa shape index (κ3) is 5.07. The number of para-hydroxylation sites is 1. The maximum Gasteiger partial charge on any atom is 0.339 e. The molecule has 0 saturated carbocycles. The van der Waals surface area contributed by atoms with E-state index in [1.807, 2.05) is 0 Å². The van der Waals surface area contributed by atoms with Crippen LogP contribution in [0.5, 0.6) is 5.75 Å². The predicted octanol–water partition coefficient (Wildman–Crippen LogP) is 1.18.